The van der Waals surface area contributed by atoms with Gasteiger partial charge in [-0.2, -0.15) is 0 Å². The minimum absolute atomic E-state index is 0.108. The lowest BCUT2D eigenvalue weighted by atomic mass is 9.62. The maximum Gasteiger partial charge on any atom is 0.0813 e. The Labute approximate surface area is 100 Å². The first-order valence-corrected chi connectivity index (χ1v) is 7.01. The van der Waals surface area contributed by atoms with E-state index in [1.165, 1.54) is 17.7 Å². The van der Waals surface area contributed by atoms with Gasteiger partial charge in [-0.25, -0.2) is 0 Å². The van der Waals surface area contributed by atoms with Gasteiger partial charge >= 0.3 is 0 Å². The Kier molecular flexibility index (Phi) is 2.78. The van der Waals surface area contributed by atoms with Gasteiger partial charge in [0.05, 0.1) is 18.8 Å². The molecular formula is C13H18O2S. The molecule has 3 rings (SSSR count). The van der Waals surface area contributed by atoms with E-state index in [-0.39, 0.29) is 11.5 Å². The van der Waals surface area contributed by atoms with Crippen molar-refractivity contribution in [3.05, 3.63) is 22.4 Å². The van der Waals surface area contributed by atoms with Gasteiger partial charge in [0, 0.05) is 16.7 Å². The standard InChI is InChI=1S/C13H18O2S/c14-11-8-12(13(11)5-1-2-6-13)15-9-10-4-3-7-16-10/h3-4,7,11-12,14H,1-2,5-6,8-9H2. The van der Waals surface area contributed by atoms with Crippen molar-refractivity contribution in [3.8, 4) is 0 Å². The van der Waals surface area contributed by atoms with Crippen molar-refractivity contribution in [2.45, 2.75) is 50.9 Å². The van der Waals surface area contributed by atoms with E-state index in [0.29, 0.717) is 6.10 Å². The zero-order valence-electron chi connectivity index (χ0n) is 9.39. The van der Waals surface area contributed by atoms with Gasteiger partial charge in [0.2, 0.25) is 0 Å². The van der Waals surface area contributed by atoms with Gasteiger partial charge in [-0.05, 0) is 24.3 Å². The highest BCUT2D eigenvalue weighted by Gasteiger charge is 2.56. The molecule has 0 aromatic carbocycles. The van der Waals surface area contributed by atoms with Crippen LogP contribution in [0.15, 0.2) is 17.5 Å². The van der Waals surface area contributed by atoms with Crippen molar-refractivity contribution >= 4 is 11.3 Å². The average molecular weight is 238 g/mol. The maximum absolute atomic E-state index is 9.95. The second-order valence-electron chi connectivity index (χ2n) is 5.07. The largest absolute Gasteiger partial charge is 0.392 e. The fraction of sp³-hybridized carbons (Fsp3) is 0.692. The Morgan fingerprint density at radius 3 is 2.88 bits per heavy atom. The Morgan fingerprint density at radius 1 is 1.44 bits per heavy atom. The normalized spacial score (nSPS) is 31.8. The quantitative estimate of drug-likeness (QED) is 0.877. The molecule has 2 nitrogen and oxygen atoms in total. The lowest BCUT2D eigenvalue weighted by Gasteiger charge is -2.51. The Morgan fingerprint density at radius 2 is 2.25 bits per heavy atom. The Bertz CT molecular complexity index is 341. The van der Waals surface area contributed by atoms with Crippen LogP contribution in [0.1, 0.15) is 37.0 Å². The molecule has 2 saturated carbocycles. The zero-order valence-corrected chi connectivity index (χ0v) is 10.2. The summed E-state index contributed by atoms with van der Waals surface area (Å²) < 4.78 is 5.98. The van der Waals surface area contributed by atoms with Crippen molar-refractivity contribution in [1.82, 2.24) is 0 Å². The van der Waals surface area contributed by atoms with Crippen molar-refractivity contribution < 1.29 is 9.84 Å². The molecule has 0 aliphatic heterocycles. The maximum atomic E-state index is 9.95. The lowest BCUT2D eigenvalue weighted by Crippen LogP contribution is -2.56. The fourth-order valence-electron chi connectivity index (χ4n) is 3.23. The molecule has 1 aromatic heterocycles. The van der Waals surface area contributed by atoms with Crippen LogP contribution in [-0.2, 0) is 11.3 Å². The van der Waals surface area contributed by atoms with Crippen LogP contribution in [0.5, 0.6) is 0 Å². The molecule has 0 amide bonds. The Hall–Kier alpha value is -0.380. The second kappa shape index (κ2) is 4.13. The number of thiophene rings is 1. The topological polar surface area (TPSA) is 29.5 Å². The molecule has 88 valence electrons. The smallest absolute Gasteiger partial charge is 0.0813 e. The van der Waals surface area contributed by atoms with Gasteiger partial charge in [-0.1, -0.05) is 18.9 Å². The summed E-state index contributed by atoms with van der Waals surface area (Å²) in [6.45, 7) is 0.719. The van der Waals surface area contributed by atoms with Crippen molar-refractivity contribution in [3.63, 3.8) is 0 Å². The van der Waals surface area contributed by atoms with Crippen LogP contribution < -0.4 is 0 Å². The van der Waals surface area contributed by atoms with Gasteiger partial charge in [0.1, 0.15) is 0 Å². The van der Waals surface area contributed by atoms with Crippen LogP contribution in [0.25, 0.3) is 0 Å². The van der Waals surface area contributed by atoms with Gasteiger partial charge in [0.15, 0.2) is 0 Å². The summed E-state index contributed by atoms with van der Waals surface area (Å²) in [7, 11) is 0. The molecule has 2 fully saturated rings. The van der Waals surface area contributed by atoms with Gasteiger partial charge in [-0.15, -0.1) is 11.3 Å². The van der Waals surface area contributed by atoms with Gasteiger partial charge in [-0.3, -0.25) is 0 Å². The molecule has 1 spiro atoms. The highest BCUT2D eigenvalue weighted by atomic mass is 32.1. The average Bonchev–Trinajstić information content (AvgIpc) is 2.95. The summed E-state index contributed by atoms with van der Waals surface area (Å²) in [5, 5.41) is 12.0. The Balaban J connectivity index is 1.60. The third kappa shape index (κ3) is 1.62. The van der Waals surface area contributed by atoms with E-state index < -0.39 is 0 Å². The van der Waals surface area contributed by atoms with Crippen LogP contribution in [0.3, 0.4) is 0 Å². The molecule has 2 aliphatic rings. The molecule has 1 N–H and O–H groups in total. The van der Waals surface area contributed by atoms with Gasteiger partial charge < -0.3 is 9.84 Å². The molecule has 3 heteroatoms. The molecule has 0 radical (unpaired) electrons. The number of aliphatic hydroxyl groups excluding tert-OH is 1. The molecular weight excluding hydrogens is 220 g/mol. The molecule has 1 aromatic rings. The highest BCUT2D eigenvalue weighted by Crippen LogP contribution is 2.54. The highest BCUT2D eigenvalue weighted by molar-refractivity contribution is 7.09. The number of rotatable bonds is 3. The summed E-state index contributed by atoms with van der Waals surface area (Å²) in [6, 6.07) is 4.17. The van der Waals surface area contributed by atoms with Crippen LogP contribution in [0.4, 0.5) is 0 Å². The first-order valence-electron chi connectivity index (χ1n) is 6.13. The van der Waals surface area contributed by atoms with E-state index in [0.717, 1.165) is 25.9 Å². The third-order valence-corrected chi connectivity index (χ3v) is 5.13. The first-order chi connectivity index (χ1) is 7.81. The summed E-state index contributed by atoms with van der Waals surface area (Å²) in [4.78, 5) is 1.29. The minimum atomic E-state index is -0.108. The predicted molar refractivity (Wildman–Crippen MR) is 64.4 cm³/mol. The monoisotopic (exact) mass is 238 g/mol. The van der Waals surface area contributed by atoms with Crippen LogP contribution >= 0.6 is 11.3 Å². The fourth-order valence-corrected chi connectivity index (χ4v) is 3.85. The molecule has 0 bridgehead atoms. The zero-order chi connectivity index (χ0) is 11.0. The summed E-state index contributed by atoms with van der Waals surface area (Å²) in [5.41, 5.74) is 0.122. The molecule has 16 heavy (non-hydrogen) atoms. The molecule has 2 aliphatic carbocycles. The summed E-state index contributed by atoms with van der Waals surface area (Å²) in [5.74, 6) is 0. The SMILES string of the molecule is OC1CC(OCc2cccs2)C12CCCC2. The van der Waals surface area contributed by atoms with E-state index in [4.69, 9.17) is 4.74 Å². The molecule has 1 heterocycles. The van der Waals surface area contributed by atoms with Gasteiger partial charge in [0.25, 0.3) is 0 Å². The third-order valence-electron chi connectivity index (χ3n) is 4.28. The van der Waals surface area contributed by atoms with Crippen molar-refractivity contribution in [1.29, 1.82) is 0 Å². The van der Waals surface area contributed by atoms with E-state index in [9.17, 15) is 5.11 Å². The molecule has 0 saturated heterocycles. The lowest BCUT2D eigenvalue weighted by molar-refractivity contribution is -0.193. The van der Waals surface area contributed by atoms with Crippen LogP contribution in [0, 0.1) is 5.41 Å². The van der Waals surface area contributed by atoms with E-state index in [1.54, 1.807) is 11.3 Å². The summed E-state index contributed by atoms with van der Waals surface area (Å²) >= 11 is 1.74. The van der Waals surface area contributed by atoms with Crippen molar-refractivity contribution in [2.24, 2.45) is 5.41 Å². The number of hydrogen-bond acceptors (Lipinski definition) is 3. The number of aliphatic hydroxyl groups is 1. The van der Waals surface area contributed by atoms with E-state index in [1.807, 2.05) is 0 Å². The second-order valence-corrected chi connectivity index (χ2v) is 6.10. The molecule has 2 unspecified atom stereocenters. The van der Waals surface area contributed by atoms with Crippen LogP contribution in [-0.4, -0.2) is 17.3 Å². The van der Waals surface area contributed by atoms with Crippen LogP contribution in [0.2, 0.25) is 0 Å². The molecule has 2 atom stereocenters. The first kappa shape index (κ1) is 10.8. The van der Waals surface area contributed by atoms with Crippen molar-refractivity contribution in [2.75, 3.05) is 0 Å². The minimum Gasteiger partial charge on any atom is -0.392 e. The van der Waals surface area contributed by atoms with E-state index in [2.05, 4.69) is 17.5 Å². The number of ether oxygens (including phenoxy) is 1. The number of hydrogen-bond donors (Lipinski definition) is 1. The predicted octanol–water partition coefficient (Wildman–Crippen LogP) is 2.96. The van der Waals surface area contributed by atoms with E-state index >= 15 is 0 Å². The summed E-state index contributed by atoms with van der Waals surface area (Å²) in [6.07, 6.45) is 5.86.